The van der Waals surface area contributed by atoms with Crippen molar-refractivity contribution >= 4 is 57.1 Å². The SMILES string of the molecule is CCSc1nnc(N2C(N)=C(C#N)C(c3sccc3SCC)C3=C2CCCC3=O)s1. The summed E-state index contributed by atoms with van der Waals surface area (Å²) >= 11 is 6.38. The molecule has 2 N–H and O–H groups in total. The van der Waals surface area contributed by atoms with Crippen molar-refractivity contribution in [2.75, 3.05) is 16.4 Å². The lowest BCUT2D eigenvalue weighted by molar-refractivity contribution is -0.116. The minimum Gasteiger partial charge on any atom is -0.384 e. The molecule has 2 aliphatic rings. The van der Waals surface area contributed by atoms with Crippen LogP contribution in [0.1, 0.15) is 43.9 Å². The van der Waals surface area contributed by atoms with Gasteiger partial charge in [0.25, 0.3) is 0 Å². The molecule has 3 heterocycles. The van der Waals surface area contributed by atoms with Gasteiger partial charge in [0.05, 0.1) is 17.6 Å². The first-order valence-corrected chi connectivity index (χ1v) is 13.4. The zero-order valence-electron chi connectivity index (χ0n) is 16.7. The number of carbonyl (C=O) groups excluding carboxylic acids is 1. The molecule has 10 heteroatoms. The summed E-state index contributed by atoms with van der Waals surface area (Å²) < 4.78 is 0.852. The van der Waals surface area contributed by atoms with E-state index in [-0.39, 0.29) is 5.78 Å². The van der Waals surface area contributed by atoms with Gasteiger partial charge in [-0.25, -0.2) is 0 Å². The van der Waals surface area contributed by atoms with E-state index in [0.29, 0.717) is 28.5 Å². The lowest BCUT2D eigenvalue weighted by atomic mass is 9.78. The number of hydrogen-bond donors (Lipinski definition) is 1. The summed E-state index contributed by atoms with van der Waals surface area (Å²) in [5.74, 6) is 1.88. The Morgan fingerprint density at radius 1 is 1.30 bits per heavy atom. The van der Waals surface area contributed by atoms with Gasteiger partial charge in [-0.2, -0.15) is 5.26 Å². The van der Waals surface area contributed by atoms with Crippen molar-refractivity contribution in [1.29, 1.82) is 5.26 Å². The van der Waals surface area contributed by atoms with E-state index in [2.05, 4.69) is 36.2 Å². The topological polar surface area (TPSA) is 95.9 Å². The average molecular weight is 476 g/mol. The molecule has 0 amide bonds. The number of thioether (sulfide) groups is 2. The molecule has 0 saturated carbocycles. The highest BCUT2D eigenvalue weighted by Crippen LogP contribution is 2.50. The molecule has 0 bridgehead atoms. The molecule has 0 spiro atoms. The van der Waals surface area contributed by atoms with E-state index >= 15 is 0 Å². The van der Waals surface area contributed by atoms with Crippen molar-refractivity contribution in [1.82, 2.24) is 10.2 Å². The maximum absolute atomic E-state index is 13.2. The van der Waals surface area contributed by atoms with E-state index < -0.39 is 5.92 Å². The molecule has 0 radical (unpaired) electrons. The van der Waals surface area contributed by atoms with Gasteiger partial charge in [-0.05, 0) is 35.8 Å². The molecule has 1 atom stereocenters. The Hall–Kier alpha value is -1.80. The van der Waals surface area contributed by atoms with E-state index in [1.807, 2.05) is 5.38 Å². The summed E-state index contributed by atoms with van der Waals surface area (Å²) in [7, 11) is 0. The van der Waals surface area contributed by atoms with E-state index in [1.54, 1.807) is 39.8 Å². The Morgan fingerprint density at radius 2 is 2.10 bits per heavy atom. The number of thiophene rings is 1. The minimum absolute atomic E-state index is 0.0972. The van der Waals surface area contributed by atoms with Gasteiger partial charge >= 0.3 is 0 Å². The number of anilines is 1. The van der Waals surface area contributed by atoms with Gasteiger partial charge in [0, 0.05) is 27.5 Å². The summed E-state index contributed by atoms with van der Waals surface area (Å²) in [6.45, 7) is 4.16. The van der Waals surface area contributed by atoms with Crippen LogP contribution in [0.25, 0.3) is 0 Å². The maximum Gasteiger partial charge on any atom is 0.219 e. The van der Waals surface area contributed by atoms with E-state index in [4.69, 9.17) is 5.73 Å². The van der Waals surface area contributed by atoms with Crippen LogP contribution in [0.2, 0.25) is 0 Å². The van der Waals surface area contributed by atoms with Crippen molar-refractivity contribution in [2.45, 2.75) is 48.3 Å². The van der Waals surface area contributed by atoms with Crippen LogP contribution in [-0.4, -0.2) is 27.5 Å². The Labute approximate surface area is 192 Å². The first-order chi connectivity index (χ1) is 14.6. The Balaban J connectivity index is 1.90. The van der Waals surface area contributed by atoms with E-state index in [0.717, 1.165) is 44.2 Å². The van der Waals surface area contributed by atoms with Gasteiger partial charge in [0.1, 0.15) is 5.82 Å². The number of hydrogen-bond acceptors (Lipinski definition) is 10. The molecule has 2 aromatic heterocycles. The van der Waals surface area contributed by atoms with Crippen molar-refractivity contribution in [3.05, 3.63) is 39.0 Å². The van der Waals surface area contributed by atoms with Crippen LogP contribution < -0.4 is 10.6 Å². The van der Waals surface area contributed by atoms with Gasteiger partial charge in [0.2, 0.25) is 5.13 Å². The zero-order valence-corrected chi connectivity index (χ0v) is 19.9. The third-order valence-electron chi connectivity index (χ3n) is 4.99. The van der Waals surface area contributed by atoms with E-state index in [1.165, 1.54) is 11.3 Å². The Kier molecular flexibility index (Phi) is 6.53. The maximum atomic E-state index is 13.2. The normalized spacial score (nSPS) is 19.3. The fraction of sp³-hybridized carbons (Fsp3) is 0.400. The van der Waals surface area contributed by atoms with Crippen molar-refractivity contribution in [3.63, 3.8) is 0 Å². The molecule has 6 nitrogen and oxygen atoms in total. The average Bonchev–Trinajstić information content (AvgIpc) is 3.37. The fourth-order valence-corrected chi connectivity index (χ4v) is 7.66. The van der Waals surface area contributed by atoms with Crippen LogP contribution in [0.3, 0.4) is 0 Å². The number of nitrogens with zero attached hydrogens (tertiary/aromatic N) is 4. The quantitative estimate of drug-likeness (QED) is 0.575. The third-order valence-corrected chi connectivity index (χ3v) is 8.98. The van der Waals surface area contributed by atoms with Crippen LogP contribution in [0.4, 0.5) is 5.13 Å². The molecule has 156 valence electrons. The zero-order chi connectivity index (χ0) is 21.3. The molecule has 2 aromatic rings. The smallest absolute Gasteiger partial charge is 0.219 e. The number of carbonyl (C=O) groups is 1. The molecule has 0 aromatic carbocycles. The van der Waals surface area contributed by atoms with Crippen LogP contribution in [0.15, 0.2) is 43.3 Å². The molecule has 1 aliphatic carbocycles. The fourth-order valence-electron chi connectivity index (χ4n) is 3.84. The molecular formula is C20H21N5OS4. The first kappa shape index (κ1) is 21.4. The largest absolute Gasteiger partial charge is 0.384 e. The molecule has 1 aliphatic heterocycles. The second kappa shape index (κ2) is 9.14. The highest BCUT2D eigenvalue weighted by atomic mass is 32.2. The molecule has 30 heavy (non-hydrogen) atoms. The van der Waals surface area contributed by atoms with E-state index in [9.17, 15) is 10.1 Å². The number of aromatic nitrogens is 2. The Morgan fingerprint density at radius 3 is 2.83 bits per heavy atom. The minimum atomic E-state index is -0.402. The van der Waals surface area contributed by atoms with Crippen LogP contribution in [-0.2, 0) is 4.79 Å². The lowest BCUT2D eigenvalue weighted by Gasteiger charge is -2.37. The standard InChI is InChI=1S/C20H21N5OS4/c1-3-27-14-8-9-29-17(14)15-11(10-21)18(22)25(12-6-5-7-13(26)16(12)15)19-23-24-20(30-19)28-4-2/h8-9,15H,3-7,22H2,1-2H3. The summed E-state index contributed by atoms with van der Waals surface area (Å²) in [6.07, 6.45) is 2.00. The molecule has 0 saturated heterocycles. The number of nitrogens with two attached hydrogens (primary N) is 1. The number of nitriles is 1. The number of allylic oxidation sites excluding steroid dienone is 3. The second-order valence-electron chi connectivity index (χ2n) is 6.68. The molecule has 1 unspecified atom stereocenters. The lowest BCUT2D eigenvalue weighted by Crippen LogP contribution is -2.38. The highest BCUT2D eigenvalue weighted by molar-refractivity contribution is 8.01. The summed E-state index contributed by atoms with van der Waals surface area (Å²) in [5.41, 5.74) is 8.58. The van der Waals surface area contributed by atoms with Crippen LogP contribution >= 0.6 is 46.2 Å². The number of rotatable bonds is 6. The van der Waals surface area contributed by atoms with Gasteiger partial charge in [-0.3, -0.25) is 9.69 Å². The first-order valence-electron chi connectivity index (χ1n) is 9.73. The summed E-state index contributed by atoms with van der Waals surface area (Å²) in [4.78, 5) is 17.1. The molecule has 0 fully saturated rings. The molecular weight excluding hydrogens is 455 g/mol. The van der Waals surface area contributed by atoms with Crippen LogP contribution in [0, 0.1) is 11.3 Å². The molecule has 4 rings (SSSR count). The third kappa shape index (κ3) is 3.68. The van der Waals surface area contributed by atoms with Gasteiger partial charge in [-0.15, -0.1) is 33.3 Å². The summed E-state index contributed by atoms with van der Waals surface area (Å²) in [6, 6.07) is 4.39. The predicted octanol–water partition coefficient (Wildman–Crippen LogP) is 5.13. The van der Waals surface area contributed by atoms with Crippen molar-refractivity contribution in [2.24, 2.45) is 5.73 Å². The Bertz CT molecular complexity index is 1080. The number of Topliss-reactive ketones (excluding diaryl/α,β-unsaturated/α-hetero) is 1. The highest BCUT2D eigenvalue weighted by Gasteiger charge is 2.42. The summed E-state index contributed by atoms with van der Waals surface area (Å²) in [5, 5.41) is 21.3. The predicted molar refractivity (Wildman–Crippen MR) is 125 cm³/mol. The monoisotopic (exact) mass is 475 g/mol. The van der Waals surface area contributed by atoms with Crippen LogP contribution in [0.5, 0.6) is 0 Å². The van der Waals surface area contributed by atoms with Crippen molar-refractivity contribution in [3.8, 4) is 6.07 Å². The second-order valence-corrected chi connectivity index (χ2v) is 11.4. The number of ketones is 1. The van der Waals surface area contributed by atoms with Gasteiger partial charge < -0.3 is 5.73 Å². The van der Waals surface area contributed by atoms with Crippen molar-refractivity contribution < 1.29 is 4.79 Å². The van der Waals surface area contributed by atoms with Gasteiger partial charge in [-0.1, -0.05) is 36.9 Å². The van der Waals surface area contributed by atoms with Gasteiger partial charge in [0.15, 0.2) is 10.1 Å².